The Morgan fingerprint density at radius 3 is 2.08 bits per heavy atom. The number of methoxy groups -OCH3 is 1. The zero-order valence-electron chi connectivity index (χ0n) is 28.4. The Bertz CT molecular complexity index is 2170. The summed E-state index contributed by atoms with van der Waals surface area (Å²) in [7, 11) is -1.09. The molecule has 3 heterocycles. The number of primary amides is 2. The number of rotatable bonds is 18. The molecule has 2 aromatic carbocycles. The molecule has 0 unspecified atom stereocenters. The number of hydrogen-bond acceptors (Lipinski definition) is 12. The zero-order chi connectivity index (χ0) is 37.5. The quantitative estimate of drug-likeness (QED) is 0.0327. The number of nitrogens with one attached hydrogen (secondary N) is 2. The average Bonchev–Trinajstić information content (AvgIpc) is 3.78. The van der Waals surface area contributed by atoms with Gasteiger partial charge in [-0.15, -0.1) is 0 Å². The fourth-order valence-corrected chi connectivity index (χ4v) is 5.80. The van der Waals surface area contributed by atoms with Crippen molar-refractivity contribution in [2.75, 3.05) is 31.0 Å². The Labute approximate surface area is 297 Å². The molecule has 8 N–H and O–H groups in total. The van der Waals surface area contributed by atoms with E-state index in [4.69, 9.17) is 35.3 Å². The third-order valence-electron chi connectivity index (χ3n) is 7.75. The van der Waals surface area contributed by atoms with Crippen LogP contribution in [-0.2, 0) is 29.0 Å². The first-order valence-corrected chi connectivity index (χ1v) is 17.0. The minimum Gasteiger partial charge on any atom is -0.494 e. The molecule has 4 amide bonds. The second-order valence-electron chi connectivity index (χ2n) is 11.2. The van der Waals surface area contributed by atoms with Crippen molar-refractivity contribution in [2.45, 2.75) is 39.9 Å². The van der Waals surface area contributed by atoms with Crippen LogP contribution in [0.15, 0.2) is 42.5 Å². The normalized spacial score (nSPS) is 11.5. The van der Waals surface area contributed by atoms with Gasteiger partial charge in [-0.05, 0) is 44.2 Å². The molecule has 0 bridgehead atoms. The van der Waals surface area contributed by atoms with Crippen LogP contribution in [0.1, 0.15) is 50.2 Å². The molecule has 0 aliphatic carbocycles. The van der Waals surface area contributed by atoms with Crippen molar-refractivity contribution in [3.63, 3.8) is 0 Å². The Hall–Kier alpha value is -5.88. The first-order chi connectivity index (χ1) is 24.9. The maximum atomic E-state index is 13.5. The number of nitrogens with zero attached hydrogens (tertiary/aromatic N) is 6. The number of hydrogen-bond donors (Lipinski definition) is 6. The Morgan fingerprint density at radius 2 is 1.50 bits per heavy atom. The van der Waals surface area contributed by atoms with Crippen molar-refractivity contribution in [2.24, 2.45) is 11.5 Å². The fraction of sp³-hybridized carbons (Fsp3) is 0.281. The molecule has 0 saturated carbocycles. The van der Waals surface area contributed by atoms with E-state index >= 15 is 0 Å². The van der Waals surface area contributed by atoms with Gasteiger partial charge < -0.3 is 44.4 Å². The van der Waals surface area contributed by atoms with Crippen molar-refractivity contribution in [1.82, 2.24) is 28.9 Å². The van der Waals surface area contributed by atoms with Crippen LogP contribution in [0.3, 0.4) is 0 Å². The van der Waals surface area contributed by atoms with Gasteiger partial charge in [-0.2, -0.15) is 5.10 Å². The van der Waals surface area contributed by atoms with E-state index in [1.807, 2.05) is 6.92 Å². The average molecular weight is 737 g/mol. The zero-order valence-corrected chi connectivity index (χ0v) is 29.3. The lowest BCUT2D eigenvalue weighted by Crippen LogP contribution is -2.20. The second-order valence-corrected chi connectivity index (χ2v) is 11.9. The van der Waals surface area contributed by atoms with Crippen LogP contribution in [-0.4, -0.2) is 83.1 Å². The lowest BCUT2D eigenvalue weighted by molar-refractivity contribution is -0.105. The third kappa shape index (κ3) is 8.18. The van der Waals surface area contributed by atoms with Crippen molar-refractivity contribution in [1.29, 1.82) is 0 Å². The van der Waals surface area contributed by atoms with E-state index in [1.165, 1.54) is 31.4 Å². The molecule has 0 aliphatic heterocycles. The van der Waals surface area contributed by atoms with Gasteiger partial charge in [0.05, 0.1) is 37.1 Å². The highest BCUT2D eigenvalue weighted by Gasteiger charge is 2.22. The van der Waals surface area contributed by atoms with E-state index in [9.17, 15) is 19.2 Å². The van der Waals surface area contributed by atoms with Gasteiger partial charge in [0.1, 0.15) is 28.2 Å². The lowest BCUT2D eigenvalue weighted by Gasteiger charge is -2.13. The van der Waals surface area contributed by atoms with Crippen molar-refractivity contribution in [3.8, 4) is 11.5 Å². The van der Waals surface area contributed by atoms with E-state index in [-0.39, 0.29) is 61.5 Å². The minimum atomic E-state index is -2.53. The monoisotopic (exact) mass is 736 g/mol. The molecule has 20 heteroatoms. The molecule has 0 radical (unpaired) electrons. The topological polar surface area (TPSA) is 266 Å². The van der Waals surface area contributed by atoms with Crippen LogP contribution in [0, 0.1) is 6.92 Å². The Balaban J connectivity index is 1.54. The maximum Gasteiger partial charge on any atom is 0.327 e. The Kier molecular flexibility index (Phi) is 11.8. The number of nitrogens with two attached hydrogens (primary N) is 2. The summed E-state index contributed by atoms with van der Waals surface area (Å²) in [4.78, 5) is 76.3. The highest BCUT2D eigenvalue weighted by Crippen LogP contribution is 2.33. The molecule has 0 saturated heterocycles. The van der Waals surface area contributed by atoms with Crippen LogP contribution < -0.4 is 31.6 Å². The van der Waals surface area contributed by atoms with Crippen LogP contribution in [0.2, 0.25) is 0 Å². The van der Waals surface area contributed by atoms with Gasteiger partial charge in [0.25, 0.3) is 5.91 Å². The summed E-state index contributed by atoms with van der Waals surface area (Å²) in [6.45, 7) is 4.46. The van der Waals surface area contributed by atoms with Gasteiger partial charge in [-0.3, -0.25) is 34.5 Å². The van der Waals surface area contributed by atoms with Crippen LogP contribution in [0.25, 0.3) is 22.1 Å². The summed E-state index contributed by atoms with van der Waals surface area (Å²) in [5.41, 5.74) is 14.0. The number of carbonyl (C=O) groups excluding carboxylic acids is 4. The number of aromatic nitrogens is 6. The number of carbonyl (C=O) groups is 4. The molecule has 0 atom stereocenters. The SMILES string of the molecule is CCn1nc(C)cc1C(=O)Nc1nc2cc(C(N)=O)cc(OCCCOP(O)O)c2n1C/C=C/Cn1c(NC=O)nc2cc(C(N)=O)cc(OC)c21. The second kappa shape index (κ2) is 16.4. The molecule has 19 nitrogen and oxygen atoms in total. The smallest absolute Gasteiger partial charge is 0.327 e. The highest BCUT2D eigenvalue weighted by molar-refractivity contribution is 7.39. The van der Waals surface area contributed by atoms with Crippen molar-refractivity contribution < 1.29 is 43.0 Å². The number of fused-ring (bicyclic) bond motifs is 2. The summed E-state index contributed by atoms with van der Waals surface area (Å²) in [6, 6.07) is 7.57. The van der Waals surface area contributed by atoms with Crippen LogP contribution in [0.4, 0.5) is 11.9 Å². The first kappa shape index (κ1) is 37.4. The van der Waals surface area contributed by atoms with Gasteiger partial charge in [-0.1, -0.05) is 12.2 Å². The predicted molar refractivity (Wildman–Crippen MR) is 190 cm³/mol. The summed E-state index contributed by atoms with van der Waals surface area (Å²) in [5.74, 6) is -1.02. The van der Waals surface area contributed by atoms with Crippen molar-refractivity contribution in [3.05, 3.63) is 65.0 Å². The van der Waals surface area contributed by atoms with Gasteiger partial charge in [0, 0.05) is 37.2 Å². The molecule has 274 valence electrons. The number of benzene rings is 2. The Morgan fingerprint density at radius 1 is 0.904 bits per heavy atom. The molecule has 5 aromatic rings. The van der Waals surface area contributed by atoms with E-state index < -0.39 is 26.3 Å². The molecule has 52 heavy (non-hydrogen) atoms. The molecule has 0 aliphatic rings. The molecular weight excluding hydrogens is 699 g/mol. The van der Waals surface area contributed by atoms with Gasteiger partial charge in [-0.25, -0.2) is 9.97 Å². The van der Waals surface area contributed by atoms with E-state index in [2.05, 4.69) is 25.7 Å². The molecule has 0 spiro atoms. The first-order valence-electron chi connectivity index (χ1n) is 15.8. The number of allylic oxidation sites excluding steroid dienone is 2. The number of ether oxygens (including phenoxy) is 2. The van der Waals surface area contributed by atoms with Gasteiger partial charge in [0.15, 0.2) is 0 Å². The standard InChI is InChI=1S/C32H37N10O9P/c1-4-42-23(12-18(2)39-42)30(46)38-32-37-22-14-20(29(34)45)16-25(50-10-7-11-51-52(47)48)27(22)41(32)9-6-5-8-40-26-21(36-31(40)35-17-43)13-19(28(33)44)15-24(26)49-3/h5-6,12-17,47-48H,4,7-11H2,1-3H3,(H2,33,44)(H2,34,45)(H,35,36,43)(H,37,38,46)/b6-5+. The number of imidazole rings is 2. The van der Waals surface area contributed by atoms with E-state index in [0.717, 1.165) is 0 Å². The molecule has 3 aromatic heterocycles. The third-order valence-corrected chi connectivity index (χ3v) is 8.16. The predicted octanol–water partition coefficient (Wildman–Crippen LogP) is 2.19. The van der Waals surface area contributed by atoms with Crippen LogP contribution >= 0.6 is 8.60 Å². The van der Waals surface area contributed by atoms with Gasteiger partial charge in [0.2, 0.25) is 30.1 Å². The number of amides is 4. The fourth-order valence-electron chi connectivity index (χ4n) is 5.51. The number of aryl methyl sites for hydroxylation is 2. The van der Waals surface area contributed by atoms with E-state index in [1.54, 1.807) is 39.0 Å². The van der Waals surface area contributed by atoms with Crippen LogP contribution in [0.5, 0.6) is 11.5 Å². The summed E-state index contributed by atoms with van der Waals surface area (Å²) >= 11 is 0. The molecule has 5 rings (SSSR count). The summed E-state index contributed by atoms with van der Waals surface area (Å²) < 4.78 is 21.3. The summed E-state index contributed by atoms with van der Waals surface area (Å²) in [6.07, 6.45) is 4.31. The lowest BCUT2D eigenvalue weighted by atomic mass is 10.1. The minimum absolute atomic E-state index is 0.00367. The number of anilines is 2. The molecular formula is C32H37N10O9P. The largest absolute Gasteiger partial charge is 0.494 e. The maximum absolute atomic E-state index is 13.5. The highest BCUT2D eigenvalue weighted by atomic mass is 31.2. The van der Waals surface area contributed by atoms with Gasteiger partial charge >= 0.3 is 8.60 Å². The van der Waals surface area contributed by atoms with Crippen molar-refractivity contribution >= 4 is 66.7 Å². The summed E-state index contributed by atoms with van der Waals surface area (Å²) in [5, 5.41) is 9.78. The van der Waals surface area contributed by atoms with E-state index in [0.29, 0.717) is 52.2 Å². The molecule has 0 fully saturated rings.